The van der Waals surface area contributed by atoms with Crippen LogP contribution in [-0.2, 0) is 6.54 Å². The van der Waals surface area contributed by atoms with Gasteiger partial charge < -0.3 is 5.32 Å². The average molecular weight is 367 g/mol. The lowest BCUT2D eigenvalue weighted by Crippen LogP contribution is -2.14. The molecule has 132 valence electrons. The van der Waals surface area contributed by atoms with E-state index < -0.39 is 0 Å². The molecule has 1 aromatic carbocycles. The number of anilines is 1. The number of carbonyl (C=O) groups is 1. The van der Waals surface area contributed by atoms with Crippen LogP contribution in [0, 0.1) is 13.8 Å². The Hall–Kier alpha value is -2.92. The number of nitrogens with zero attached hydrogens (tertiary/aromatic N) is 3. The molecule has 3 rings (SSSR count). The SMILES string of the molecule is C=Cc1ccc(NC(=O)c2cc(C)n(Cc3cc(Cl)ccc3C)n2)nc1. The molecule has 1 amide bonds. The Morgan fingerprint density at radius 1 is 1.27 bits per heavy atom. The molecule has 2 heterocycles. The van der Waals surface area contributed by atoms with Crippen LogP contribution in [0.1, 0.15) is 32.9 Å². The molecule has 0 fully saturated rings. The molecular weight excluding hydrogens is 348 g/mol. The number of aryl methyl sites for hydroxylation is 2. The summed E-state index contributed by atoms with van der Waals surface area (Å²) in [6.07, 6.45) is 3.34. The van der Waals surface area contributed by atoms with Crippen molar-refractivity contribution in [1.29, 1.82) is 0 Å². The highest BCUT2D eigenvalue weighted by Crippen LogP contribution is 2.18. The molecular formula is C20H19ClN4O. The van der Waals surface area contributed by atoms with Crippen LogP contribution in [-0.4, -0.2) is 20.7 Å². The number of hydrogen-bond donors (Lipinski definition) is 1. The first-order valence-corrected chi connectivity index (χ1v) is 8.53. The van der Waals surface area contributed by atoms with Crippen molar-refractivity contribution in [3.05, 3.63) is 82.3 Å². The Kier molecular flexibility index (Phi) is 5.19. The van der Waals surface area contributed by atoms with Crippen molar-refractivity contribution in [3.63, 3.8) is 0 Å². The second-order valence-corrected chi connectivity index (χ2v) is 6.47. The first kappa shape index (κ1) is 17.9. The second-order valence-electron chi connectivity index (χ2n) is 6.03. The fraction of sp³-hybridized carbons (Fsp3) is 0.150. The molecule has 0 spiro atoms. The van der Waals surface area contributed by atoms with Crippen molar-refractivity contribution in [3.8, 4) is 0 Å². The Morgan fingerprint density at radius 3 is 2.77 bits per heavy atom. The predicted molar refractivity (Wildman–Crippen MR) is 105 cm³/mol. The second kappa shape index (κ2) is 7.54. The Labute approximate surface area is 157 Å². The number of amides is 1. The first-order valence-electron chi connectivity index (χ1n) is 8.15. The zero-order chi connectivity index (χ0) is 18.7. The van der Waals surface area contributed by atoms with Crippen LogP contribution in [0.25, 0.3) is 6.08 Å². The average Bonchev–Trinajstić information content (AvgIpc) is 3.00. The molecule has 26 heavy (non-hydrogen) atoms. The van der Waals surface area contributed by atoms with Gasteiger partial charge in [0.1, 0.15) is 5.82 Å². The van der Waals surface area contributed by atoms with E-state index in [0.717, 1.165) is 22.4 Å². The summed E-state index contributed by atoms with van der Waals surface area (Å²) in [5.41, 5.74) is 4.32. The van der Waals surface area contributed by atoms with E-state index >= 15 is 0 Å². The maximum Gasteiger partial charge on any atom is 0.277 e. The number of rotatable bonds is 5. The number of pyridine rings is 1. The lowest BCUT2D eigenvalue weighted by Gasteiger charge is -2.08. The minimum absolute atomic E-state index is 0.298. The van der Waals surface area contributed by atoms with Gasteiger partial charge in [0.2, 0.25) is 0 Å². The van der Waals surface area contributed by atoms with Crippen molar-refractivity contribution in [2.45, 2.75) is 20.4 Å². The zero-order valence-electron chi connectivity index (χ0n) is 14.7. The molecule has 0 atom stereocenters. The molecule has 0 bridgehead atoms. The van der Waals surface area contributed by atoms with Gasteiger partial charge in [-0.2, -0.15) is 5.10 Å². The van der Waals surface area contributed by atoms with Gasteiger partial charge in [-0.25, -0.2) is 4.98 Å². The molecule has 0 aliphatic rings. The molecule has 0 radical (unpaired) electrons. The molecule has 0 aliphatic heterocycles. The molecule has 5 nitrogen and oxygen atoms in total. The lowest BCUT2D eigenvalue weighted by atomic mass is 10.1. The first-order chi connectivity index (χ1) is 12.5. The minimum Gasteiger partial charge on any atom is -0.305 e. The number of aromatic nitrogens is 3. The molecule has 2 aromatic heterocycles. The zero-order valence-corrected chi connectivity index (χ0v) is 15.4. The monoisotopic (exact) mass is 366 g/mol. The third kappa shape index (κ3) is 4.00. The van der Waals surface area contributed by atoms with Crippen molar-refractivity contribution in [1.82, 2.24) is 14.8 Å². The van der Waals surface area contributed by atoms with Gasteiger partial charge in [-0.1, -0.05) is 30.3 Å². The van der Waals surface area contributed by atoms with Gasteiger partial charge in [-0.05, 0) is 60.9 Å². The molecule has 0 saturated carbocycles. The minimum atomic E-state index is -0.298. The number of benzene rings is 1. The van der Waals surface area contributed by atoms with Crippen molar-refractivity contribution >= 4 is 29.4 Å². The summed E-state index contributed by atoms with van der Waals surface area (Å²) in [4.78, 5) is 16.6. The summed E-state index contributed by atoms with van der Waals surface area (Å²) in [7, 11) is 0. The van der Waals surface area contributed by atoms with Gasteiger partial charge >= 0.3 is 0 Å². The highest BCUT2D eigenvalue weighted by atomic mass is 35.5. The van der Waals surface area contributed by atoms with E-state index in [9.17, 15) is 4.79 Å². The fourth-order valence-corrected chi connectivity index (χ4v) is 2.73. The highest BCUT2D eigenvalue weighted by molar-refractivity contribution is 6.30. The van der Waals surface area contributed by atoms with E-state index in [1.54, 1.807) is 29.1 Å². The quantitative estimate of drug-likeness (QED) is 0.723. The van der Waals surface area contributed by atoms with E-state index in [2.05, 4.69) is 22.0 Å². The van der Waals surface area contributed by atoms with Crippen molar-refractivity contribution in [2.24, 2.45) is 0 Å². The van der Waals surface area contributed by atoms with Crippen molar-refractivity contribution < 1.29 is 4.79 Å². The number of nitrogens with one attached hydrogen (secondary N) is 1. The van der Waals surface area contributed by atoms with Gasteiger partial charge in [-0.3, -0.25) is 9.48 Å². The van der Waals surface area contributed by atoms with E-state index in [4.69, 9.17) is 11.6 Å². The van der Waals surface area contributed by atoms with Crippen molar-refractivity contribution in [2.75, 3.05) is 5.32 Å². The van der Waals surface area contributed by atoms with Crippen LogP contribution < -0.4 is 5.32 Å². The smallest absolute Gasteiger partial charge is 0.277 e. The number of carbonyl (C=O) groups excluding carboxylic acids is 1. The van der Waals surface area contributed by atoms with Crippen LogP contribution in [0.15, 0.2) is 49.2 Å². The van der Waals surface area contributed by atoms with E-state index in [-0.39, 0.29) is 5.91 Å². The highest BCUT2D eigenvalue weighted by Gasteiger charge is 2.14. The Bertz CT molecular complexity index is 960. The third-order valence-electron chi connectivity index (χ3n) is 4.11. The molecule has 0 unspecified atom stereocenters. The maximum absolute atomic E-state index is 12.4. The molecule has 1 N–H and O–H groups in total. The summed E-state index contributed by atoms with van der Waals surface area (Å²) >= 11 is 6.08. The topological polar surface area (TPSA) is 59.8 Å². The van der Waals surface area contributed by atoms with E-state index in [1.807, 2.05) is 38.1 Å². The lowest BCUT2D eigenvalue weighted by molar-refractivity contribution is 0.102. The van der Waals surface area contributed by atoms with Gasteiger partial charge in [0.15, 0.2) is 5.69 Å². The third-order valence-corrected chi connectivity index (χ3v) is 4.34. The maximum atomic E-state index is 12.4. The summed E-state index contributed by atoms with van der Waals surface area (Å²) in [6.45, 7) is 8.17. The molecule has 0 aliphatic carbocycles. The van der Waals surface area contributed by atoms with Crippen LogP contribution in [0.4, 0.5) is 5.82 Å². The van der Waals surface area contributed by atoms with Crippen LogP contribution in [0.3, 0.4) is 0 Å². The fourth-order valence-electron chi connectivity index (χ4n) is 2.53. The predicted octanol–water partition coefficient (Wildman–Crippen LogP) is 4.49. The standard InChI is InChI=1S/C20H19ClN4O/c1-4-15-6-8-19(22-11-15)23-20(26)18-9-14(3)25(24-18)12-16-10-17(21)7-5-13(16)2/h4-11H,1,12H2,2-3H3,(H,22,23,26). The van der Waals surface area contributed by atoms with Crippen LogP contribution in [0.2, 0.25) is 5.02 Å². The van der Waals surface area contributed by atoms with Crippen LogP contribution >= 0.6 is 11.6 Å². The summed E-state index contributed by atoms with van der Waals surface area (Å²) in [6, 6.07) is 11.1. The number of halogens is 1. The van der Waals surface area contributed by atoms with Gasteiger partial charge in [0.05, 0.1) is 6.54 Å². The molecule has 0 saturated heterocycles. The van der Waals surface area contributed by atoms with Gasteiger partial charge in [-0.15, -0.1) is 0 Å². The summed E-state index contributed by atoms with van der Waals surface area (Å²) in [5, 5.41) is 7.86. The number of hydrogen-bond acceptors (Lipinski definition) is 3. The Balaban J connectivity index is 1.77. The van der Waals surface area contributed by atoms with Gasteiger partial charge in [0.25, 0.3) is 5.91 Å². The summed E-state index contributed by atoms with van der Waals surface area (Å²) in [5.74, 6) is 0.173. The van der Waals surface area contributed by atoms with Crippen LogP contribution in [0.5, 0.6) is 0 Å². The Morgan fingerprint density at radius 2 is 2.08 bits per heavy atom. The normalized spacial score (nSPS) is 10.6. The molecule has 6 heteroatoms. The molecule has 3 aromatic rings. The van der Waals surface area contributed by atoms with E-state index in [1.165, 1.54) is 0 Å². The summed E-state index contributed by atoms with van der Waals surface area (Å²) < 4.78 is 1.79. The largest absolute Gasteiger partial charge is 0.305 e. The van der Waals surface area contributed by atoms with E-state index in [0.29, 0.717) is 23.1 Å². The van der Waals surface area contributed by atoms with Gasteiger partial charge in [0, 0.05) is 16.9 Å².